The van der Waals surface area contributed by atoms with Gasteiger partial charge in [-0.15, -0.1) is 0 Å². The lowest BCUT2D eigenvalue weighted by atomic mass is 9.96. The summed E-state index contributed by atoms with van der Waals surface area (Å²) in [6.45, 7) is 6.41. The first-order chi connectivity index (χ1) is 9.66. The van der Waals surface area contributed by atoms with E-state index in [1.807, 2.05) is 37.4 Å². The molecule has 0 unspecified atom stereocenters. The number of para-hydroxylation sites is 1. The highest BCUT2D eigenvalue weighted by Crippen LogP contribution is 2.23. The fraction of sp³-hybridized carbons (Fsp3) is 0.471. The van der Waals surface area contributed by atoms with Crippen molar-refractivity contribution >= 4 is 16.7 Å². The number of aromatic nitrogens is 1. The molecule has 2 aromatic rings. The molecule has 1 aliphatic rings. The lowest BCUT2D eigenvalue weighted by Gasteiger charge is -2.34. The molecule has 1 N–H and O–H groups in total. The Kier molecular flexibility index (Phi) is 3.62. The van der Waals surface area contributed by atoms with Crippen molar-refractivity contribution in [1.82, 2.24) is 9.88 Å². The number of carbonyl (C=O) groups is 1. The number of rotatable bonds is 3. The first kappa shape index (κ1) is 13.4. The molecule has 1 aromatic heterocycles. The van der Waals surface area contributed by atoms with E-state index >= 15 is 0 Å². The van der Waals surface area contributed by atoms with Gasteiger partial charge in [-0.25, -0.2) is 0 Å². The largest absolute Gasteiger partial charge is 0.360 e. The van der Waals surface area contributed by atoms with Crippen LogP contribution in [0.15, 0.2) is 30.5 Å². The maximum absolute atomic E-state index is 12.7. The van der Waals surface area contributed by atoms with Gasteiger partial charge in [0.2, 0.25) is 0 Å². The Labute approximate surface area is 120 Å². The van der Waals surface area contributed by atoms with Crippen LogP contribution in [0.25, 0.3) is 10.9 Å². The van der Waals surface area contributed by atoms with E-state index in [1.54, 1.807) is 0 Å². The molecule has 20 heavy (non-hydrogen) atoms. The van der Waals surface area contributed by atoms with Crippen LogP contribution in [0.4, 0.5) is 0 Å². The van der Waals surface area contributed by atoms with Gasteiger partial charge in [0, 0.05) is 22.7 Å². The van der Waals surface area contributed by atoms with Crippen LogP contribution in [-0.4, -0.2) is 34.8 Å². The van der Waals surface area contributed by atoms with Crippen molar-refractivity contribution in [2.75, 3.05) is 13.1 Å². The van der Waals surface area contributed by atoms with Crippen molar-refractivity contribution in [2.24, 2.45) is 5.92 Å². The number of piperidine rings is 1. The van der Waals surface area contributed by atoms with Crippen LogP contribution in [-0.2, 0) is 0 Å². The fourth-order valence-electron chi connectivity index (χ4n) is 3.08. The van der Waals surface area contributed by atoms with Crippen LogP contribution in [0.1, 0.15) is 37.0 Å². The molecule has 1 aromatic carbocycles. The fourth-order valence-corrected chi connectivity index (χ4v) is 3.08. The second kappa shape index (κ2) is 5.41. The van der Waals surface area contributed by atoms with E-state index < -0.39 is 0 Å². The number of likely N-dealkylation sites (tertiary alicyclic amines) is 1. The zero-order valence-corrected chi connectivity index (χ0v) is 12.2. The first-order valence-corrected chi connectivity index (χ1v) is 7.51. The normalized spacial score (nSPS) is 19.3. The van der Waals surface area contributed by atoms with Crippen molar-refractivity contribution in [3.63, 3.8) is 0 Å². The van der Waals surface area contributed by atoms with E-state index in [4.69, 9.17) is 0 Å². The van der Waals surface area contributed by atoms with Crippen LogP contribution in [0.2, 0.25) is 0 Å². The average Bonchev–Trinajstić information content (AvgIpc) is 2.90. The second-order valence-corrected chi connectivity index (χ2v) is 6.01. The molecular weight excluding hydrogens is 248 g/mol. The number of benzene rings is 1. The SMILES string of the molecule is CC1CCN([C@H](C)C(=O)c2c[nH]c3ccccc23)CC1. The molecule has 1 saturated heterocycles. The van der Waals surface area contributed by atoms with Gasteiger partial charge in [-0.05, 0) is 44.8 Å². The van der Waals surface area contributed by atoms with Gasteiger partial charge in [0.05, 0.1) is 6.04 Å². The van der Waals surface area contributed by atoms with E-state index in [1.165, 1.54) is 12.8 Å². The minimum absolute atomic E-state index is 0.0262. The highest BCUT2D eigenvalue weighted by Gasteiger charge is 2.27. The van der Waals surface area contributed by atoms with Crippen LogP contribution < -0.4 is 0 Å². The molecule has 3 heteroatoms. The molecule has 0 aliphatic carbocycles. The number of hydrogen-bond donors (Lipinski definition) is 1. The van der Waals surface area contributed by atoms with Gasteiger partial charge < -0.3 is 4.98 Å². The number of H-pyrrole nitrogens is 1. The van der Waals surface area contributed by atoms with E-state index in [0.29, 0.717) is 0 Å². The molecule has 3 nitrogen and oxygen atoms in total. The Morgan fingerprint density at radius 1 is 1.30 bits per heavy atom. The van der Waals surface area contributed by atoms with Gasteiger partial charge in [-0.3, -0.25) is 9.69 Å². The summed E-state index contributed by atoms with van der Waals surface area (Å²) in [4.78, 5) is 18.3. The number of hydrogen-bond acceptors (Lipinski definition) is 2. The molecule has 0 spiro atoms. The van der Waals surface area contributed by atoms with Crippen LogP contribution >= 0.6 is 0 Å². The van der Waals surface area contributed by atoms with E-state index in [0.717, 1.165) is 35.5 Å². The zero-order chi connectivity index (χ0) is 14.1. The number of aromatic amines is 1. The van der Waals surface area contributed by atoms with Gasteiger partial charge in [-0.1, -0.05) is 25.1 Å². The number of nitrogens with one attached hydrogen (secondary N) is 1. The summed E-state index contributed by atoms with van der Waals surface area (Å²) in [5.41, 5.74) is 1.86. The molecule has 0 radical (unpaired) electrons. The van der Waals surface area contributed by atoms with Gasteiger partial charge in [-0.2, -0.15) is 0 Å². The average molecular weight is 270 g/mol. The van der Waals surface area contributed by atoms with E-state index in [9.17, 15) is 4.79 Å². The summed E-state index contributed by atoms with van der Waals surface area (Å²) in [6, 6.07) is 7.98. The van der Waals surface area contributed by atoms with E-state index in [-0.39, 0.29) is 11.8 Å². The van der Waals surface area contributed by atoms with Crippen LogP contribution in [0, 0.1) is 5.92 Å². The van der Waals surface area contributed by atoms with Crippen LogP contribution in [0.3, 0.4) is 0 Å². The Bertz CT molecular complexity index is 608. The minimum atomic E-state index is -0.0262. The molecule has 1 atom stereocenters. The maximum Gasteiger partial charge on any atom is 0.181 e. The highest BCUT2D eigenvalue weighted by molar-refractivity contribution is 6.10. The predicted octanol–water partition coefficient (Wildman–Crippen LogP) is 3.47. The summed E-state index contributed by atoms with van der Waals surface area (Å²) in [6.07, 6.45) is 4.26. The van der Waals surface area contributed by atoms with Gasteiger partial charge >= 0.3 is 0 Å². The van der Waals surface area contributed by atoms with Crippen molar-refractivity contribution in [1.29, 1.82) is 0 Å². The topological polar surface area (TPSA) is 36.1 Å². The molecule has 0 bridgehead atoms. The molecule has 2 heterocycles. The Balaban J connectivity index is 1.81. The maximum atomic E-state index is 12.7. The second-order valence-electron chi connectivity index (χ2n) is 6.01. The lowest BCUT2D eigenvalue weighted by molar-refractivity contribution is 0.0780. The number of carbonyl (C=O) groups excluding carboxylic acids is 1. The van der Waals surface area contributed by atoms with Crippen molar-refractivity contribution in [2.45, 2.75) is 32.7 Å². The zero-order valence-electron chi connectivity index (χ0n) is 12.2. The molecule has 3 rings (SSSR count). The number of fused-ring (bicyclic) bond motifs is 1. The molecule has 0 saturated carbocycles. The third-order valence-electron chi connectivity index (χ3n) is 4.60. The molecule has 0 amide bonds. The number of Topliss-reactive ketones (excluding diaryl/α,β-unsaturated/α-hetero) is 1. The van der Waals surface area contributed by atoms with Gasteiger partial charge in [0.1, 0.15) is 0 Å². The van der Waals surface area contributed by atoms with E-state index in [2.05, 4.69) is 16.8 Å². The summed E-state index contributed by atoms with van der Waals surface area (Å²) in [5.74, 6) is 1.03. The van der Waals surface area contributed by atoms with Gasteiger partial charge in [0.25, 0.3) is 0 Å². The summed E-state index contributed by atoms with van der Waals surface area (Å²) in [7, 11) is 0. The monoisotopic (exact) mass is 270 g/mol. The first-order valence-electron chi connectivity index (χ1n) is 7.51. The van der Waals surface area contributed by atoms with Crippen molar-refractivity contribution < 1.29 is 4.79 Å². The summed E-state index contributed by atoms with van der Waals surface area (Å²) < 4.78 is 0. The Morgan fingerprint density at radius 2 is 2.00 bits per heavy atom. The summed E-state index contributed by atoms with van der Waals surface area (Å²) in [5, 5.41) is 1.04. The predicted molar refractivity (Wildman–Crippen MR) is 82.1 cm³/mol. The Hall–Kier alpha value is -1.61. The smallest absolute Gasteiger partial charge is 0.181 e. The standard InChI is InChI=1S/C17H22N2O/c1-12-7-9-19(10-8-12)13(2)17(20)15-11-18-16-6-4-3-5-14(15)16/h3-6,11-13,18H,7-10H2,1-2H3/t13-/m1/s1. The third-order valence-corrected chi connectivity index (χ3v) is 4.60. The Morgan fingerprint density at radius 3 is 2.75 bits per heavy atom. The minimum Gasteiger partial charge on any atom is -0.360 e. The molecular formula is C17H22N2O. The highest BCUT2D eigenvalue weighted by atomic mass is 16.1. The third kappa shape index (κ3) is 2.38. The lowest BCUT2D eigenvalue weighted by Crippen LogP contribution is -2.43. The van der Waals surface area contributed by atoms with Crippen LogP contribution in [0.5, 0.6) is 0 Å². The molecule has 106 valence electrons. The molecule has 1 aliphatic heterocycles. The quantitative estimate of drug-likeness (QED) is 0.867. The summed E-state index contributed by atoms with van der Waals surface area (Å²) >= 11 is 0. The molecule has 1 fully saturated rings. The number of nitrogens with zero attached hydrogens (tertiary/aromatic N) is 1. The van der Waals surface area contributed by atoms with Gasteiger partial charge in [0.15, 0.2) is 5.78 Å². The number of ketones is 1. The van der Waals surface area contributed by atoms with Crippen molar-refractivity contribution in [3.8, 4) is 0 Å². The van der Waals surface area contributed by atoms with Crippen molar-refractivity contribution in [3.05, 3.63) is 36.0 Å².